The number of aryl methyl sites for hydroxylation is 1. The standard InChI is InChI=1S/C20H21ClN2O2S/c1-14-12-16(6-7-19(14)21)26(24,25)23-10-8-15(9-11-23)18-13-22-20-5-3-2-4-17(18)20/h2-7,12-13,15,22H,8-11H2,1H3. The molecule has 3 aromatic rings. The first-order chi connectivity index (χ1) is 12.5. The zero-order valence-corrected chi connectivity index (χ0v) is 16.1. The van der Waals surface area contributed by atoms with Crippen LogP contribution in [0.4, 0.5) is 0 Å². The summed E-state index contributed by atoms with van der Waals surface area (Å²) in [5.74, 6) is 0.379. The van der Waals surface area contributed by atoms with E-state index in [2.05, 4.69) is 23.3 Å². The number of nitrogens with one attached hydrogen (secondary N) is 1. The molecule has 4 nitrogen and oxygen atoms in total. The van der Waals surface area contributed by atoms with Gasteiger partial charge in [-0.2, -0.15) is 4.31 Å². The fourth-order valence-corrected chi connectivity index (χ4v) is 5.44. The van der Waals surface area contributed by atoms with Gasteiger partial charge in [-0.1, -0.05) is 29.8 Å². The highest BCUT2D eigenvalue weighted by Gasteiger charge is 2.30. The number of aromatic amines is 1. The van der Waals surface area contributed by atoms with E-state index in [0.717, 1.165) is 23.9 Å². The Morgan fingerprint density at radius 3 is 2.58 bits per heavy atom. The van der Waals surface area contributed by atoms with Gasteiger partial charge in [0.2, 0.25) is 10.0 Å². The van der Waals surface area contributed by atoms with E-state index in [0.29, 0.717) is 28.9 Å². The number of rotatable bonds is 3. The number of hydrogen-bond donors (Lipinski definition) is 1. The van der Waals surface area contributed by atoms with Crippen LogP contribution in [0.3, 0.4) is 0 Å². The van der Waals surface area contributed by atoms with Crippen molar-refractivity contribution in [2.75, 3.05) is 13.1 Å². The Bertz CT molecular complexity index is 1050. The van der Waals surface area contributed by atoms with E-state index in [4.69, 9.17) is 11.6 Å². The predicted molar refractivity (Wildman–Crippen MR) is 105 cm³/mol. The molecule has 1 aliphatic heterocycles. The molecule has 6 heteroatoms. The minimum atomic E-state index is -3.47. The number of nitrogens with zero attached hydrogens (tertiary/aromatic N) is 1. The van der Waals surface area contributed by atoms with Crippen LogP contribution in [0.1, 0.15) is 29.9 Å². The molecule has 1 fully saturated rings. The van der Waals surface area contributed by atoms with Crippen LogP contribution in [0.2, 0.25) is 5.02 Å². The van der Waals surface area contributed by atoms with Crippen LogP contribution in [0.5, 0.6) is 0 Å². The lowest BCUT2D eigenvalue weighted by atomic mass is 9.90. The van der Waals surface area contributed by atoms with Crippen LogP contribution in [-0.4, -0.2) is 30.8 Å². The van der Waals surface area contributed by atoms with Crippen LogP contribution in [0.15, 0.2) is 53.6 Å². The number of piperidine rings is 1. The third-order valence-electron chi connectivity index (χ3n) is 5.28. The molecule has 2 heterocycles. The zero-order chi connectivity index (χ0) is 18.3. The van der Waals surface area contributed by atoms with Crippen molar-refractivity contribution < 1.29 is 8.42 Å². The number of H-pyrrole nitrogens is 1. The molecular weight excluding hydrogens is 368 g/mol. The topological polar surface area (TPSA) is 53.2 Å². The van der Waals surface area contributed by atoms with Crippen molar-refractivity contribution in [1.29, 1.82) is 0 Å². The Hall–Kier alpha value is -1.82. The first kappa shape index (κ1) is 17.6. The molecule has 2 aromatic carbocycles. The first-order valence-electron chi connectivity index (χ1n) is 8.79. The second kappa shape index (κ2) is 6.72. The molecule has 0 unspecified atom stereocenters. The monoisotopic (exact) mass is 388 g/mol. The Labute approximate surface area is 158 Å². The van der Waals surface area contributed by atoms with Gasteiger partial charge in [0.15, 0.2) is 0 Å². The lowest BCUT2D eigenvalue weighted by molar-refractivity contribution is 0.320. The summed E-state index contributed by atoms with van der Waals surface area (Å²) in [6.07, 6.45) is 3.73. The lowest BCUT2D eigenvalue weighted by Crippen LogP contribution is -2.37. The summed E-state index contributed by atoms with van der Waals surface area (Å²) in [4.78, 5) is 3.64. The highest BCUT2D eigenvalue weighted by atomic mass is 35.5. The molecule has 1 N–H and O–H groups in total. The molecule has 1 aliphatic rings. The van der Waals surface area contributed by atoms with Crippen LogP contribution in [-0.2, 0) is 10.0 Å². The largest absolute Gasteiger partial charge is 0.361 e. The fourth-order valence-electron chi connectivity index (χ4n) is 3.77. The average molecular weight is 389 g/mol. The van der Waals surface area contributed by atoms with Gasteiger partial charge in [-0.05, 0) is 61.1 Å². The van der Waals surface area contributed by atoms with Crippen molar-refractivity contribution >= 4 is 32.5 Å². The lowest BCUT2D eigenvalue weighted by Gasteiger charge is -2.31. The summed E-state index contributed by atoms with van der Waals surface area (Å²) >= 11 is 6.03. The van der Waals surface area contributed by atoms with Gasteiger partial charge < -0.3 is 4.98 Å². The fraction of sp³-hybridized carbons (Fsp3) is 0.300. The van der Waals surface area contributed by atoms with Gasteiger partial charge >= 0.3 is 0 Å². The van der Waals surface area contributed by atoms with Crippen LogP contribution < -0.4 is 0 Å². The van der Waals surface area contributed by atoms with Crippen molar-refractivity contribution in [3.63, 3.8) is 0 Å². The maximum atomic E-state index is 12.9. The Morgan fingerprint density at radius 1 is 1.12 bits per heavy atom. The first-order valence-corrected chi connectivity index (χ1v) is 10.6. The number of sulfonamides is 1. The second-order valence-electron chi connectivity index (χ2n) is 6.88. The highest BCUT2D eigenvalue weighted by Crippen LogP contribution is 2.35. The molecule has 0 spiro atoms. The molecule has 0 aliphatic carbocycles. The van der Waals surface area contributed by atoms with Gasteiger partial charge in [-0.3, -0.25) is 0 Å². The van der Waals surface area contributed by atoms with E-state index in [1.807, 2.05) is 19.1 Å². The van der Waals surface area contributed by atoms with Crippen molar-refractivity contribution in [3.05, 3.63) is 64.8 Å². The Kier molecular flexibility index (Phi) is 4.55. The smallest absolute Gasteiger partial charge is 0.243 e. The molecular formula is C20H21ClN2O2S. The number of halogens is 1. The van der Waals surface area contributed by atoms with Gasteiger partial charge in [-0.25, -0.2) is 8.42 Å². The number of benzene rings is 2. The number of para-hydroxylation sites is 1. The van der Waals surface area contributed by atoms with Crippen molar-refractivity contribution in [2.24, 2.45) is 0 Å². The Morgan fingerprint density at radius 2 is 1.85 bits per heavy atom. The van der Waals surface area contributed by atoms with Gasteiger partial charge in [0, 0.05) is 35.2 Å². The summed E-state index contributed by atoms with van der Waals surface area (Å²) in [5.41, 5.74) is 3.20. The van der Waals surface area contributed by atoms with E-state index in [1.54, 1.807) is 22.5 Å². The van der Waals surface area contributed by atoms with Crippen LogP contribution in [0.25, 0.3) is 10.9 Å². The summed E-state index contributed by atoms with van der Waals surface area (Å²) in [7, 11) is -3.47. The van der Waals surface area contributed by atoms with Crippen molar-refractivity contribution in [3.8, 4) is 0 Å². The molecule has 4 rings (SSSR count). The predicted octanol–water partition coefficient (Wildman–Crippen LogP) is 4.70. The summed E-state index contributed by atoms with van der Waals surface area (Å²) in [6.45, 7) is 2.90. The zero-order valence-electron chi connectivity index (χ0n) is 14.6. The summed E-state index contributed by atoms with van der Waals surface area (Å²) in [5, 5.41) is 1.82. The van der Waals surface area contributed by atoms with E-state index in [1.165, 1.54) is 10.9 Å². The average Bonchev–Trinajstić information content (AvgIpc) is 3.08. The van der Waals surface area contributed by atoms with E-state index in [9.17, 15) is 8.42 Å². The minimum absolute atomic E-state index is 0.324. The number of fused-ring (bicyclic) bond motifs is 1. The van der Waals surface area contributed by atoms with Crippen molar-refractivity contribution in [2.45, 2.75) is 30.6 Å². The summed E-state index contributed by atoms with van der Waals surface area (Å²) < 4.78 is 27.5. The van der Waals surface area contributed by atoms with E-state index < -0.39 is 10.0 Å². The highest BCUT2D eigenvalue weighted by molar-refractivity contribution is 7.89. The molecule has 136 valence electrons. The molecule has 26 heavy (non-hydrogen) atoms. The maximum absolute atomic E-state index is 12.9. The third kappa shape index (κ3) is 3.04. The molecule has 0 bridgehead atoms. The number of hydrogen-bond acceptors (Lipinski definition) is 2. The van der Waals surface area contributed by atoms with Crippen molar-refractivity contribution in [1.82, 2.24) is 9.29 Å². The van der Waals surface area contributed by atoms with Crippen LogP contribution >= 0.6 is 11.6 Å². The van der Waals surface area contributed by atoms with Crippen LogP contribution in [0, 0.1) is 6.92 Å². The normalized spacial score (nSPS) is 17.0. The van der Waals surface area contributed by atoms with Gasteiger partial charge in [0.25, 0.3) is 0 Å². The quantitative estimate of drug-likeness (QED) is 0.707. The molecule has 1 saturated heterocycles. The third-order valence-corrected chi connectivity index (χ3v) is 7.60. The van der Waals surface area contributed by atoms with E-state index in [-0.39, 0.29) is 0 Å². The number of aromatic nitrogens is 1. The van der Waals surface area contributed by atoms with E-state index >= 15 is 0 Å². The Balaban J connectivity index is 1.53. The molecule has 0 radical (unpaired) electrons. The molecule has 0 saturated carbocycles. The summed E-state index contributed by atoms with van der Waals surface area (Å²) in [6, 6.07) is 13.2. The second-order valence-corrected chi connectivity index (χ2v) is 9.22. The molecule has 0 amide bonds. The maximum Gasteiger partial charge on any atom is 0.243 e. The van der Waals surface area contributed by atoms with Gasteiger partial charge in [-0.15, -0.1) is 0 Å². The van der Waals surface area contributed by atoms with Gasteiger partial charge in [0.05, 0.1) is 4.90 Å². The molecule has 0 atom stereocenters. The minimum Gasteiger partial charge on any atom is -0.361 e. The molecule has 1 aromatic heterocycles. The SMILES string of the molecule is Cc1cc(S(=O)(=O)N2CCC(c3c[nH]c4ccccc34)CC2)ccc1Cl. The van der Waals surface area contributed by atoms with Gasteiger partial charge in [0.1, 0.15) is 0 Å².